The summed E-state index contributed by atoms with van der Waals surface area (Å²) >= 11 is 0. The molecule has 0 aromatic heterocycles. The molecular formula is C16H15FO. The predicted octanol–water partition coefficient (Wildman–Crippen LogP) is 3.87. The Hall–Kier alpha value is -1.96. The van der Waals surface area contributed by atoms with Crippen LogP contribution in [-0.4, -0.2) is 5.78 Å². The number of Topliss-reactive ketones (excluding diaryl/α,β-unsaturated/α-hetero) is 1. The molecule has 0 aliphatic heterocycles. The highest BCUT2D eigenvalue weighted by molar-refractivity contribution is 5.97. The Bertz CT molecular complexity index is 567. The van der Waals surface area contributed by atoms with Crippen molar-refractivity contribution < 1.29 is 9.18 Å². The SMILES string of the molecule is Cc1cc(C)cc(CC(=O)c2ccccc2F)c1. The second kappa shape index (κ2) is 5.13. The standard InChI is InChI=1S/C16H15FO/c1-11-7-12(2)9-13(8-11)10-16(18)14-5-3-4-6-15(14)17/h3-9H,10H2,1-2H3. The van der Waals surface area contributed by atoms with E-state index in [9.17, 15) is 9.18 Å². The van der Waals surface area contributed by atoms with Crippen molar-refractivity contribution in [2.24, 2.45) is 0 Å². The minimum Gasteiger partial charge on any atom is -0.294 e. The van der Waals surface area contributed by atoms with E-state index in [1.54, 1.807) is 12.1 Å². The molecule has 0 radical (unpaired) electrons. The van der Waals surface area contributed by atoms with Crippen molar-refractivity contribution in [1.29, 1.82) is 0 Å². The zero-order valence-electron chi connectivity index (χ0n) is 10.5. The van der Waals surface area contributed by atoms with E-state index < -0.39 is 5.82 Å². The third kappa shape index (κ3) is 2.83. The van der Waals surface area contributed by atoms with Crippen LogP contribution in [0.2, 0.25) is 0 Å². The highest BCUT2D eigenvalue weighted by Crippen LogP contribution is 2.14. The van der Waals surface area contributed by atoms with E-state index in [-0.39, 0.29) is 17.8 Å². The lowest BCUT2D eigenvalue weighted by Gasteiger charge is -2.05. The number of rotatable bonds is 3. The molecular weight excluding hydrogens is 227 g/mol. The average Bonchev–Trinajstić information content (AvgIpc) is 2.27. The molecule has 92 valence electrons. The van der Waals surface area contributed by atoms with Crippen LogP contribution in [0.3, 0.4) is 0 Å². The van der Waals surface area contributed by atoms with Crippen LogP contribution in [0.1, 0.15) is 27.0 Å². The van der Waals surface area contributed by atoms with Crippen LogP contribution in [0.4, 0.5) is 4.39 Å². The van der Waals surface area contributed by atoms with Gasteiger partial charge in [-0.3, -0.25) is 4.79 Å². The van der Waals surface area contributed by atoms with Crippen molar-refractivity contribution in [3.63, 3.8) is 0 Å². The van der Waals surface area contributed by atoms with Crippen LogP contribution in [0.5, 0.6) is 0 Å². The Morgan fingerprint density at radius 2 is 1.67 bits per heavy atom. The monoisotopic (exact) mass is 242 g/mol. The lowest BCUT2D eigenvalue weighted by Crippen LogP contribution is -2.06. The first-order valence-corrected chi connectivity index (χ1v) is 5.91. The summed E-state index contributed by atoms with van der Waals surface area (Å²) in [5.74, 6) is -0.634. The van der Waals surface area contributed by atoms with Crippen LogP contribution in [0.15, 0.2) is 42.5 Å². The Kier molecular flexibility index (Phi) is 3.56. The molecule has 0 saturated carbocycles. The van der Waals surface area contributed by atoms with Gasteiger partial charge in [0, 0.05) is 6.42 Å². The molecule has 0 fully saturated rings. The number of halogens is 1. The van der Waals surface area contributed by atoms with Gasteiger partial charge in [-0.25, -0.2) is 4.39 Å². The molecule has 0 heterocycles. The molecule has 2 aromatic rings. The summed E-state index contributed by atoms with van der Waals surface area (Å²) in [6.45, 7) is 3.98. The number of ketones is 1. The minimum atomic E-state index is -0.452. The van der Waals surface area contributed by atoms with Crippen molar-refractivity contribution in [3.8, 4) is 0 Å². The molecule has 0 aliphatic carbocycles. The molecule has 0 unspecified atom stereocenters. The maximum absolute atomic E-state index is 13.5. The lowest BCUT2D eigenvalue weighted by atomic mass is 9.99. The fourth-order valence-electron chi connectivity index (χ4n) is 2.14. The first-order valence-electron chi connectivity index (χ1n) is 5.91. The first-order chi connectivity index (χ1) is 8.56. The molecule has 1 nitrogen and oxygen atoms in total. The zero-order chi connectivity index (χ0) is 13.1. The van der Waals surface area contributed by atoms with Crippen LogP contribution in [0, 0.1) is 19.7 Å². The molecule has 2 heteroatoms. The molecule has 18 heavy (non-hydrogen) atoms. The second-order valence-electron chi connectivity index (χ2n) is 4.58. The van der Waals surface area contributed by atoms with Gasteiger partial charge in [-0.05, 0) is 31.5 Å². The predicted molar refractivity (Wildman–Crippen MR) is 70.4 cm³/mol. The summed E-state index contributed by atoms with van der Waals surface area (Å²) < 4.78 is 13.5. The van der Waals surface area contributed by atoms with Gasteiger partial charge < -0.3 is 0 Å². The molecule has 2 aromatic carbocycles. The zero-order valence-corrected chi connectivity index (χ0v) is 10.5. The van der Waals surface area contributed by atoms with Crippen molar-refractivity contribution in [2.45, 2.75) is 20.3 Å². The summed E-state index contributed by atoms with van der Waals surface area (Å²) in [4.78, 5) is 12.0. The Balaban J connectivity index is 2.24. The summed E-state index contributed by atoms with van der Waals surface area (Å²) in [7, 11) is 0. The third-order valence-corrected chi connectivity index (χ3v) is 2.82. The van der Waals surface area contributed by atoms with Gasteiger partial charge in [0.25, 0.3) is 0 Å². The molecule has 0 amide bonds. The molecule has 0 bridgehead atoms. The number of aryl methyl sites for hydroxylation is 2. The smallest absolute Gasteiger partial charge is 0.170 e. The Morgan fingerprint density at radius 3 is 2.28 bits per heavy atom. The number of carbonyl (C=O) groups is 1. The Labute approximate surface area is 106 Å². The number of carbonyl (C=O) groups excluding carboxylic acids is 1. The van der Waals surface area contributed by atoms with Gasteiger partial charge in [-0.15, -0.1) is 0 Å². The third-order valence-electron chi connectivity index (χ3n) is 2.82. The van der Waals surface area contributed by atoms with Crippen LogP contribution >= 0.6 is 0 Å². The number of benzene rings is 2. The van der Waals surface area contributed by atoms with E-state index in [1.165, 1.54) is 12.1 Å². The fraction of sp³-hybridized carbons (Fsp3) is 0.188. The van der Waals surface area contributed by atoms with E-state index in [4.69, 9.17) is 0 Å². The van der Waals surface area contributed by atoms with Crippen molar-refractivity contribution in [3.05, 3.63) is 70.5 Å². The first kappa shape index (κ1) is 12.5. The van der Waals surface area contributed by atoms with Gasteiger partial charge in [0.15, 0.2) is 5.78 Å². The van der Waals surface area contributed by atoms with Crippen LogP contribution in [-0.2, 0) is 6.42 Å². The van der Waals surface area contributed by atoms with Crippen LogP contribution < -0.4 is 0 Å². The molecule has 0 N–H and O–H groups in total. The van der Waals surface area contributed by atoms with Gasteiger partial charge >= 0.3 is 0 Å². The summed E-state index contributed by atoms with van der Waals surface area (Å²) in [6, 6.07) is 12.1. The quantitative estimate of drug-likeness (QED) is 0.747. The topological polar surface area (TPSA) is 17.1 Å². The largest absolute Gasteiger partial charge is 0.294 e. The Morgan fingerprint density at radius 1 is 1.06 bits per heavy atom. The summed E-state index contributed by atoms with van der Waals surface area (Å²) in [5, 5.41) is 0. The second-order valence-corrected chi connectivity index (χ2v) is 4.58. The van der Waals surface area contributed by atoms with Gasteiger partial charge in [-0.1, -0.05) is 41.5 Å². The maximum atomic E-state index is 13.5. The van der Waals surface area contributed by atoms with E-state index >= 15 is 0 Å². The molecule has 2 rings (SSSR count). The number of hydrogen-bond acceptors (Lipinski definition) is 1. The van der Waals surface area contributed by atoms with Crippen molar-refractivity contribution >= 4 is 5.78 Å². The lowest BCUT2D eigenvalue weighted by molar-refractivity contribution is 0.0989. The van der Waals surface area contributed by atoms with Gasteiger partial charge in [-0.2, -0.15) is 0 Å². The normalized spacial score (nSPS) is 10.4. The van der Waals surface area contributed by atoms with E-state index in [2.05, 4.69) is 6.07 Å². The van der Waals surface area contributed by atoms with Gasteiger partial charge in [0.2, 0.25) is 0 Å². The highest BCUT2D eigenvalue weighted by Gasteiger charge is 2.11. The molecule has 0 saturated heterocycles. The molecule has 0 atom stereocenters. The fourth-order valence-corrected chi connectivity index (χ4v) is 2.14. The van der Waals surface area contributed by atoms with E-state index in [0.29, 0.717) is 0 Å². The minimum absolute atomic E-state index is 0.164. The van der Waals surface area contributed by atoms with Crippen molar-refractivity contribution in [1.82, 2.24) is 0 Å². The maximum Gasteiger partial charge on any atom is 0.170 e. The van der Waals surface area contributed by atoms with E-state index in [1.807, 2.05) is 26.0 Å². The highest BCUT2D eigenvalue weighted by atomic mass is 19.1. The van der Waals surface area contributed by atoms with E-state index in [0.717, 1.165) is 16.7 Å². The summed E-state index contributed by atoms with van der Waals surface area (Å²) in [5.41, 5.74) is 3.33. The molecule has 0 spiro atoms. The van der Waals surface area contributed by atoms with Gasteiger partial charge in [0.05, 0.1) is 5.56 Å². The average molecular weight is 242 g/mol. The van der Waals surface area contributed by atoms with Crippen LogP contribution in [0.25, 0.3) is 0 Å². The number of hydrogen-bond donors (Lipinski definition) is 0. The molecule has 0 aliphatic rings. The summed E-state index contributed by atoms with van der Waals surface area (Å²) in [6.07, 6.45) is 0.240. The van der Waals surface area contributed by atoms with Crippen molar-refractivity contribution in [2.75, 3.05) is 0 Å². The van der Waals surface area contributed by atoms with Gasteiger partial charge in [0.1, 0.15) is 5.82 Å².